The van der Waals surface area contributed by atoms with Gasteiger partial charge >= 0.3 is 459 Å². The quantitative estimate of drug-likeness (QED) is 0.0760. The van der Waals surface area contributed by atoms with Crippen molar-refractivity contribution in [3.05, 3.63) is 322 Å². The standard InChI is InChI=1S/C72H69Si.3ClH.Ti/c1-51-38-41-63(44-57-26-14-8-15-27-57)66(47-60-32-20-11-21-33-60)69(51)73(72(7)50-54(4)55(5)56(72)6,70-52(2)39-42-64(45-58-28-16-9-17-29-58)67(70)48-61-34-22-12-23-35-61)71-53(3)40-43-65(46-59-30-18-10-19-31-59)68(71)49-62-36-24-13-25-37-62;;;;/h8-43H,44-49H2,1-7H3;3*1H;/q;;;;+3/p-3. The zero-order valence-electron chi connectivity index (χ0n) is 45.7. The van der Waals surface area contributed by atoms with E-state index in [0.29, 0.717) is 0 Å². The van der Waals surface area contributed by atoms with Crippen molar-refractivity contribution in [3.8, 4) is 0 Å². The van der Waals surface area contributed by atoms with Gasteiger partial charge in [-0.2, -0.15) is 0 Å². The number of hydrogen-bond acceptors (Lipinski definition) is 0. The summed E-state index contributed by atoms with van der Waals surface area (Å²) < 4.78 is 1.51. The molecule has 9 aromatic rings. The van der Waals surface area contributed by atoms with Crippen molar-refractivity contribution in [3.63, 3.8) is 0 Å². The van der Waals surface area contributed by atoms with E-state index in [1.54, 1.807) is 15.6 Å². The Kier molecular flexibility index (Phi) is 19.8. The van der Waals surface area contributed by atoms with Crippen LogP contribution in [0.3, 0.4) is 0 Å². The molecule has 0 N–H and O–H groups in total. The Morgan fingerprint density at radius 1 is 0.312 bits per heavy atom. The van der Waals surface area contributed by atoms with E-state index in [1.165, 1.54) is 104 Å². The maximum Gasteiger partial charge on any atom is -1.00 e. The Bertz CT molecular complexity index is 3150. The molecule has 1 aliphatic carbocycles. The van der Waals surface area contributed by atoms with Gasteiger partial charge in [-0.05, 0) is 0 Å². The van der Waals surface area contributed by atoms with Crippen LogP contribution in [0.25, 0.3) is 0 Å². The second-order valence-electron chi connectivity index (χ2n) is 21.3. The predicted octanol–water partition coefficient (Wildman–Crippen LogP) is 6.57. The molecule has 0 spiro atoms. The van der Waals surface area contributed by atoms with Gasteiger partial charge in [0.1, 0.15) is 0 Å². The van der Waals surface area contributed by atoms with Gasteiger partial charge in [-0.3, -0.25) is 0 Å². The molecule has 386 valence electrons. The van der Waals surface area contributed by atoms with E-state index in [9.17, 15) is 0 Å². The van der Waals surface area contributed by atoms with Crippen LogP contribution in [-0.2, 0) is 59.0 Å². The normalized spacial score (nSPS) is 14.2. The SMILES string of the molecule is CC1=C(C)C(C)([Si](c2c(C)ccc(Cc3ccccc3)c2Cc2ccccc2)(c2c(C)ccc(Cc3ccccc3)c2Cc2ccccc2)c2c(C)ccc(Cc3ccccc3)c2Cc2ccccc2)[C]([Ti+3])=C1C.[Cl-].[Cl-].[Cl-]. The zero-order chi connectivity index (χ0) is 51.4. The topological polar surface area (TPSA) is 0 Å². The van der Waals surface area contributed by atoms with E-state index in [0.717, 1.165) is 38.5 Å². The smallest absolute Gasteiger partial charge is 1.00 e. The van der Waals surface area contributed by atoms with Crippen molar-refractivity contribution in [1.29, 1.82) is 0 Å². The Hall–Kier alpha value is -5.74. The second kappa shape index (κ2) is 25.8. The fourth-order valence-electron chi connectivity index (χ4n) is 12.9. The number of halogens is 3. The van der Waals surface area contributed by atoms with Crippen LogP contribution in [0.1, 0.15) is 111 Å². The van der Waals surface area contributed by atoms with Crippen molar-refractivity contribution in [2.75, 3.05) is 0 Å². The summed E-state index contributed by atoms with van der Waals surface area (Å²) in [5.74, 6) is 0. The molecule has 1 unspecified atom stereocenters. The third-order valence-corrected chi connectivity index (χ3v) is 25.1. The van der Waals surface area contributed by atoms with Crippen LogP contribution >= 0.6 is 0 Å². The number of benzene rings is 9. The van der Waals surface area contributed by atoms with Crippen LogP contribution in [0.2, 0.25) is 5.04 Å². The summed E-state index contributed by atoms with van der Waals surface area (Å²) >= 11 is 2.52. The fraction of sp³-hybridized carbons (Fsp3) is 0.194. The van der Waals surface area contributed by atoms with E-state index in [2.05, 4.69) is 287 Å². The number of aryl methyl sites for hydroxylation is 3. The Balaban J connectivity index is 0.00000287. The number of allylic oxidation sites excluding steroid dienone is 4. The third kappa shape index (κ3) is 11.6. The molecular formula is C72H69Cl3SiTi. The monoisotopic (exact) mass is 1110 g/mol. The van der Waals surface area contributed by atoms with Crippen LogP contribution in [0.4, 0.5) is 0 Å². The van der Waals surface area contributed by atoms with Gasteiger partial charge in [-0.1, -0.05) is 0 Å². The van der Waals surface area contributed by atoms with Crippen LogP contribution in [0.5, 0.6) is 0 Å². The average Bonchev–Trinajstić information content (AvgIpc) is 3.75. The minimum atomic E-state index is -3.62. The Labute approximate surface area is 491 Å². The Morgan fingerprint density at radius 3 is 0.766 bits per heavy atom. The minimum Gasteiger partial charge on any atom is -1.00 e. The third-order valence-electron chi connectivity index (χ3n) is 16.9. The van der Waals surface area contributed by atoms with Gasteiger partial charge in [0.15, 0.2) is 0 Å². The zero-order valence-corrected chi connectivity index (χ0v) is 50.5. The van der Waals surface area contributed by atoms with Gasteiger partial charge in [0, 0.05) is 0 Å². The molecule has 0 heterocycles. The molecule has 1 atom stereocenters. The molecule has 0 nitrogen and oxygen atoms in total. The molecular weight excluding hydrogens is 1050 g/mol. The molecule has 9 aromatic carbocycles. The van der Waals surface area contributed by atoms with E-state index in [1.807, 2.05) is 0 Å². The van der Waals surface area contributed by atoms with Crippen LogP contribution in [0, 0.1) is 20.8 Å². The van der Waals surface area contributed by atoms with Crippen molar-refractivity contribution in [1.82, 2.24) is 0 Å². The largest absolute Gasteiger partial charge is 1.00 e. The maximum absolute atomic E-state index is 3.62. The van der Waals surface area contributed by atoms with Crippen LogP contribution in [0.15, 0.2) is 239 Å². The summed E-state index contributed by atoms with van der Waals surface area (Å²) in [4.78, 5) is 0. The van der Waals surface area contributed by atoms with E-state index in [4.69, 9.17) is 0 Å². The summed E-state index contributed by atoms with van der Waals surface area (Å²) in [6.07, 6.45) is 5.07. The Morgan fingerprint density at radius 2 is 0.545 bits per heavy atom. The van der Waals surface area contributed by atoms with E-state index >= 15 is 0 Å². The first-order chi connectivity index (χ1) is 36.0. The molecule has 0 aromatic heterocycles. The van der Waals surface area contributed by atoms with Gasteiger partial charge in [0.2, 0.25) is 0 Å². The molecule has 0 aliphatic heterocycles. The van der Waals surface area contributed by atoms with Crippen molar-refractivity contribution >= 4 is 23.6 Å². The first kappa shape index (κ1) is 58.9. The molecule has 0 bridgehead atoms. The summed E-state index contributed by atoms with van der Waals surface area (Å²) in [6, 6.07) is 82.9. The van der Waals surface area contributed by atoms with Gasteiger partial charge in [0.25, 0.3) is 0 Å². The average molecular weight is 1120 g/mol. The molecule has 0 amide bonds. The maximum atomic E-state index is 2.73. The van der Waals surface area contributed by atoms with Gasteiger partial charge in [0.05, 0.1) is 0 Å². The predicted molar refractivity (Wildman–Crippen MR) is 313 cm³/mol. The van der Waals surface area contributed by atoms with E-state index in [-0.39, 0.29) is 37.2 Å². The fourth-order valence-corrected chi connectivity index (χ4v) is 22.1. The molecule has 0 fully saturated rings. The minimum absolute atomic E-state index is 0. The van der Waals surface area contributed by atoms with Gasteiger partial charge in [-0.15, -0.1) is 0 Å². The van der Waals surface area contributed by atoms with Gasteiger partial charge < -0.3 is 37.2 Å². The summed E-state index contributed by atoms with van der Waals surface area (Å²) in [6.45, 7) is 17.5. The van der Waals surface area contributed by atoms with E-state index < -0.39 is 13.1 Å². The number of hydrogen-bond donors (Lipinski definition) is 0. The first-order valence-corrected chi connectivity index (χ1v) is 29.5. The van der Waals surface area contributed by atoms with Crippen molar-refractivity contribution in [2.45, 2.75) is 92.0 Å². The molecule has 5 heteroatoms. The summed E-state index contributed by atoms with van der Waals surface area (Å²) in [7, 11) is -3.62. The van der Waals surface area contributed by atoms with Crippen LogP contribution in [-0.4, -0.2) is 8.07 Å². The first-order valence-electron chi connectivity index (χ1n) is 26.7. The van der Waals surface area contributed by atoms with Crippen LogP contribution < -0.4 is 52.8 Å². The molecule has 1 aliphatic rings. The summed E-state index contributed by atoms with van der Waals surface area (Å²) in [5.41, 5.74) is 25.3. The van der Waals surface area contributed by atoms with Crippen molar-refractivity contribution < 1.29 is 57.7 Å². The van der Waals surface area contributed by atoms with Gasteiger partial charge in [-0.25, -0.2) is 0 Å². The molecule has 0 saturated heterocycles. The second-order valence-corrected chi connectivity index (χ2v) is 26.1. The molecule has 0 saturated carbocycles. The summed E-state index contributed by atoms with van der Waals surface area (Å²) in [5, 5.41) is 4.36. The van der Waals surface area contributed by atoms with Crippen molar-refractivity contribution in [2.24, 2.45) is 0 Å². The number of rotatable bonds is 16. The molecule has 10 rings (SSSR count). The molecule has 77 heavy (non-hydrogen) atoms. The molecule has 0 radical (unpaired) electrons.